The third-order valence-electron chi connectivity index (χ3n) is 11.2. The van der Waals surface area contributed by atoms with Crippen molar-refractivity contribution < 1.29 is 4.79 Å². The molecule has 256 valence electrons. The van der Waals surface area contributed by atoms with Crippen LogP contribution in [0.25, 0.3) is 10.8 Å². The standard InChI is InChI=1S/C41H61N5O/c1-31-18-20-35(32(2)25-31)28-38(42(3)4)30-45-23-24-46(41(47)27-33-19-21-34-13-8-9-14-36(34)26-33)29-37(45)15-12-22-44(7)40-17-11-10-16-39(40)43(5)6/h8-9,13-14,18-21,25-26,37-40H,10-12,15-17,22-24,27-30H2,1-7H3/t37-,38+,39?,40?/m0/s1. The molecular formula is C41H61N5O. The molecule has 1 amide bonds. The maximum absolute atomic E-state index is 13.8. The van der Waals surface area contributed by atoms with Crippen molar-refractivity contribution >= 4 is 16.7 Å². The Morgan fingerprint density at radius 3 is 2.34 bits per heavy atom. The molecule has 1 saturated carbocycles. The second kappa shape index (κ2) is 16.6. The Labute approximate surface area is 285 Å². The van der Waals surface area contributed by atoms with Crippen molar-refractivity contribution in [2.45, 2.75) is 89.4 Å². The third-order valence-corrected chi connectivity index (χ3v) is 11.2. The van der Waals surface area contributed by atoms with Crippen LogP contribution in [-0.2, 0) is 17.6 Å². The average Bonchev–Trinajstić information content (AvgIpc) is 3.05. The van der Waals surface area contributed by atoms with E-state index < -0.39 is 0 Å². The van der Waals surface area contributed by atoms with Crippen LogP contribution in [0.15, 0.2) is 60.7 Å². The first kappa shape index (κ1) is 35.5. The van der Waals surface area contributed by atoms with E-state index >= 15 is 0 Å². The number of fused-ring (bicyclic) bond motifs is 1. The molecule has 0 aromatic heterocycles. The zero-order valence-corrected chi connectivity index (χ0v) is 30.4. The van der Waals surface area contributed by atoms with Crippen molar-refractivity contribution in [2.24, 2.45) is 0 Å². The molecule has 47 heavy (non-hydrogen) atoms. The molecule has 2 unspecified atom stereocenters. The van der Waals surface area contributed by atoms with E-state index in [9.17, 15) is 4.79 Å². The Bertz CT molecular complexity index is 1450. The summed E-state index contributed by atoms with van der Waals surface area (Å²) in [6, 6.07) is 23.9. The van der Waals surface area contributed by atoms with Crippen LogP contribution in [0, 0.1) is 13.8 Å². The lowest BCUT2D eigenvalue weighted by Gasteiger charge is -2.44. The number of carbonyl (C=O) groups is 1. The Hall–Kier alpha value is -2.77. The minimum absolute atomic E-state index is 0.262. The zero-order valence-electron chi connectivity index (χ0n) is 30.4. The number of piperazine rings is 1. The Balaban J connectivity index is 1.27. The summed E-state index contributed by atoms with van der Waals surface area (Å²) in [6.45, 7) is 9.14. The molecule has 0 bridgehead atoms. The van der Waals surface area contributed by atoms with Gasteiger partial charge in [0.15, 0.2) is 0 Å². The van der Waals surface area contributed by atoms with Gasteiger partial charge in [-0.15, -0.1) is 0 Å². The summed E-state index contributed by atoms with van der Waals surface area (Å²) in [5.74, 6) is 0.262. The van der Waals surface area contributed by atoms with E-state index in [0.29, 0.717) is 30.6 Å². The topological polar surface area (TPSA) is 33.3 Å². The summed E-state index contributed by atoms with van der Waals surface area (Å²) in [5, 5.41) is 2.43. The second-order valence-electron chi connectivity index (χ2n) is 15.1. The lowest BCUT2D eigenvalue weighted by molar-refractivity contribution is -0.133. The molecule has 1 aliphatic heterocycles. The van der Waals surface area contributed by atoms with Crippen LogP contribution in [-0.4, -0.2) is 123 Å². The number of hydrogen-bond acceptors (Lipinski definition) is 5. The van der Waals surface area contributed by atoms with Crippen molar-refractivity contribution in [1.82, 2.24) is 24.5 Å². The molecule has 4 atom stereocenters. The number of nitrogens with zero attached hydrogens (tertiary/aromatic N) is 5. The number of rotatable bonds is 13. The third kappa shape index (κ3) is 9.44. The molecule has 0 N–H and O–H groups in total. The number of hydrogen-bond donors (Lipinski definition) is 0. The number of carbonyl (C=O) groups excluding carboxylic acids is 1. The number of amides is 1. The van der Waals surface area contributed by atoms with E-state index in [-0.39, 0.29) is 5.91 Å². The highest BCUT2D eigenvalue weighted by Gasteiger charge is 2.33. The largest absolute Gasteiger partial charge is 0.340 e. The van der Waals surface area contributed by atoms with Gasteiger partial charge in [-0.05, 0) is 115 Å². The molecule has 1 saturated heterocycles. The molecule has 6 heteroatoms. The van der Waals surface area contributed by atoms with Gasteiger partial charge in [-0.2, -0.15) is 0 Å². The molecule has 2 fully saturated rings. The molecule has 2 aliphatic rings. The Kier molecular flexibility index (Phi) is 12.5. The minimum atomic E-state index is 0.262. The van der Waals surface area contributed by atoms with Crippen LogP contribution < -0.4 is 0 Å². The maximum Gasteiger partial charge on any atom is 0.227 e. The first-order valence-electron chi connectivity index (χ1n) is 18.2. The molecule has 0 spiro atoms. The molecule has 3 aromatic rings. The fraction of sp³-hybridized carbons (Fsp3) is 0.585. The van der Waals surface area contributed by atoms with Crippen molar-refractivity contribution in [2.75, 3.05) is 68.0 Å². The van der Waals surface area contributed by atoms with E-state index in [4.69, 9.17) is 0 Å². The predicted octanol–water partition coefficient (Wildman–Crippen LogP) is 6.27. The van der Waals surface area contributed by atoms with Crippen molar-refractivity contribution in [3.05, 3.63) is 82.9 Å². The van der Waals surface area contributed by atoms with Crippen molar-refractivity contribution in [3.8, 4) is 0 Å². The zero-order chi connectivity index (χ0) is 33.5. The Morgan fingerprint density at radius 1 is 0.872 bits per heavy atom. The quantitative estimate of drug-likeness (QED) is 0.220. The van der Waals surface area contributed by atoms with Crippen LogP contribution in [0.2, 0.25) is 0 Å². The van der Waals surface area contributed by atoms with Gasteiger partial charge < -0.3 is 19.6 Å². The summed E-state index contributed by atoms with van der Waals surface area (Å²) < 4.78 is 0. The van der Waals surface area contributed by atoms with E-state index in [1.54, 1.807) is 0 Å². The van der Waals surface area contributed by atoms with Crippen LogP contribution in [0.1, 0.15) is 60.8 Å². The van der Waals surface area contributed by atoms with Crippen LogP contribution >= 0.6 is 0 Å². The summed E-state index contributed by atoms with van der Waals surface area (Å²) >= 11 is 0. The van der Waals surface area contributed by atoms with Gasteiger partial charge in [0.1, 0.15) is 0 Å². The molecule has 1 aliphatic carbocycles. The fourth-order valence-corrected chi connectivity index (χ4v) is 8.23. The highest BCUT2D eigenvalue weighted by atomic mass is 16.2. The second-order valence-corrected chi connectivity index (χ2v) is 15.1. The maximum atomic E-state index is 13.8. The summed E-state index contributed by atoms with van der Waals surface area (Å²) in [5.41, 5.74) is 5.27. The van der Waals surface area contributed by atoms with E-state index in [1.807, 2.05) is 0 Å². The SMILES string of the molecule is Cc1ccc(C[C@H](CN2CCN(C(=O)Cc3ccc4ccccc4c3)C[C@@H]2CCCN(C)C2CCCCC2N(C)C)N(C)C)c(C)c1. The van der Waals surface area contributed by atoms with E-state index in [0.717, 1.165) is 57.5 Å². The number of likely N-dealkylation sites (N-methyl/N-ethyl adjacent to an activating group) is 3. The van der Waals surface area contributed by atoms with Gasteiger partial charge >= 0.3 is 0 Å². The van der Waals surface area contributed by atoms with Gasteiger partial charge in [0.2, 0.25) is 5.91 Å². The molecular weight excluding hydrogens is 578 g/mol. The number of benzene rings is 3. The van der Waals surface area contributed by atoms with Crippen molar-refractivity contribution in [1.29, 1.82) is 0 Å². The summed E-state index contributed by atoms with van der Waals surface area (Å²) in [4.78, 5) is 26.1. The monoisotopic (exact) mass is 639 g/mol. The van der Waals surface area contributed by atoms with Gasteiger partial charge in [-0.1, -0.05) is 79.1 Å². The van der Waals surface area contributed by atoms with Crippen molar-refractivity contribution in [3.63, 3.8) is 0 Å². The molecule has 5 rings (SSSR count). The summed E-state index contributed by atoms with van der Waals surface area (Å²) in [6.07, 6.45) is 9.09. The van der Waals surface area contributed by atoms with Gasteiger partial charge in [-0.3, -0.25) is 9.69 Å². The Morgan fingerprint density at radius 2 is 1.62 bits per heavy atom. The average molecular weight is 640 g/mol. The molecule has 1 heterocycles. The van der Waals surface area contributed by atoms with Crippen LogP contribution in [0.5, 0.6) is 0 Å². The predicted molar refractivity (Wildman–Crippen MR) is 198 cm³/mol. The molecule has 6 nitrogen and oxygen atoms in total. The van der Waals surface area contributed by atoms with Crippen LogP contribution in [0.3, 0.4) is 0 Å². The first-order valence-corrected chi connectivity index (χ1v) is 18.2. The lowest BCUT2D eigenvalue weighted by atomic mass is 9.88. The smallest absolute Gasteiger partial charge is 0.227 e. The summed E-state index contributed by atoms with van der Waals surface area (Å²) in [7, 11) is 11.3. The van der Waals surface area contributed by atoms with Gasteiger partial charge in [-0.25, -0.2) is 0 Å². The first-order chi connectivity index (χ1) is 22.6. The molecule has 0 radical (unpaired) electrons. The minimum Gasteiger partial charge on any atom is -0.340 e. The normalized spacial score (nSPS) is 21.7. The lowest BCUT2D eigenvalue weighted by Crippen LogP contribution is -2.58. The van der Waals surface area contributed by atoms with Gasteiger partial charge in [0.25, 0.3) is 0 Å². The van der Waals surface area contributed by atoms with Gasteiger partial charge in [0, 0.05) is 50.3 Å². The highest BCUT2D eigenvalue weighted by Crippen LogP contribution is 2.27. The van der Waals surface area contributed by atoms with E-state index in [2.05, 4.69) is 134 Å². The molecule has 3 aromatic carbocycles. The van der Waals surface area contributed by atoms with Crippen LogP contribution in [0.4, 0.5) is 0 Å². The number of aryl methyl sites for hydroxylation is 2. The fourth-order valence-electron chi connectivity index (χ4n) is 8.23. The van der Waals surface area contributed by atoms with Gasteiger partial charge in [0.05, 0.1) is 6.42 Å². The van der Waals surface area contributed by atoms with E-state index in [1.165, 1.54) is 53.1 Å². The highest BCUT2D eigenvalue weighted by molar-refractivity contribution is 5.85.